The van der Waals surface area contributed by atoms with Gasteiger partial charge in [-0.1, -0.05) is 0 Å². The third kappa shape index (κ3) is 2.69. The molecule has 0 aliphatic carbocycles. The summed E-state index contributed by atoms with van der Waals surface area (Å²) in [6.07, 6.45) is 4.48. The number of carbonyl (C=O) groups excluding carboxylic acids is 1. The maximum atomic E-state index is 11.9. The molecule has 0 saturated heterocycles. The summed E-state index contributed by atoms with van der Waals surface area (Å²) in [6, 6.07) is 3.73. The van der Waals surface area contributed by atoms with Crippen LogP contribution in [0.2, 0.25) is 0 Å². The minimum atomic E-state index is -0.174. The van der Waals surface area contributed by atoms with E-state index in [1.807, 2.05) is 19.1 Å². The predicted octanol–water partition coefficient (Wildman–Crippen LogP) is 1.65. The molecule has 17 heavy (non-hydrogen) atoms. The van der Waals surface area contributed by atoms with Crippen LogP contribution in [0.5, 0.6) is 0 Å². The summed E-state index contributed by atoms with van der Waals surface area (Å²) in [5.41, 5.74) is 0.332. The van der Waals surface area contributed by atoms with Gasteiger partial charge < -0.3 is 9.32 Å². The minimum absolute atomic E-state index is 0.174. The Bertz CT molecular complexity index is 507. The lowest BCUT2D eigenvalue weighted by Crippen LogP contribution is -2.26. The normalized spacial score (nSPS) is 10.2. The minimum Gasteiger partial charge on any atom is -0.464 e. The van der Waals surface area contributed by atoms with E-state index in [4.69, 9.17) is 4.42 Å². The number of hydrogen-bond acceptors (Lipinski definition) is 4. The van der Waals surface area contributed by atoms with Crippen molar-refractivity contribution in [3.63, 3.8) is 0 Å². The third-order valence-corrected chi connectivity index (χ3v) is 2.32. The van der Waals surface area contributed by atoms with Crippen molar-refractivity contribution in [1.82, 2.24) is 14.9 Å². The second kappa shape index (κ2) is 4.78. The molecule has 2 aromatic rings. The van der Waals surface area contributed by atoms with Gasteiger partial charge in [0.15, 0.2) is 0 Å². The Labute approximate surface area is 99.1 Å². The van der Waals surface area contributed by atoms with Crippen LogP contribution in [0.1, 0.15) is 22.0 Å². The van der Waals surface area contributed by atoms with Crippen molar-refractivity contribution >= 4 is 5.91 Å². The first kappa shape index (κ1) is 11.3. The summed E-state index contributed by atoms with van der Waals surface area (Å²) in [5.74, 6) is 1.41. The van der Waals surface area contributed by atoms with Gasteiger partial charge in [-0.25, -0.2) is 4.98 Å². The zero-order valence-corrected chi connectivity index (χ0v) is 9.75. The first-order valence-electron chi connectivity index (χ1n) is 5.23. The number of nitrogens with zero attached hydrogens (tertiary/aromatic N) is 3. The van der Waals surface area contributed by atoms with Gasteiger partial charge in [0.25, 0.3) is 5.91 Å². The summed E-state index contributed by atoms with van der Waals surface area (Å²) in [4.78, 5) is 21.3. The molecular formula is C12H13N3O2. The Morgan fingerprint density at radius 1 is 1.41 bits per heavy atom. The van der Waals surface area contributed by atoms with E-state index in [1.165, 1.54) is 18.6 Å². The van der Waals surface area contributed by atoms with Crippen LogP contribution < -0.4 is 0 Å². The fraction of sp³-hybridized carbons (Fsp3) is 0.250. The van der Waals surface area contributed by atoms with Crippen molar-refractivity contribution < 1.29 is 9.21 Å². The van der Waals surface area contributed by atoms with Gasteiger partial charge in [0.1, 0.15) is 17.2 Å². The molecule has 2 aromatic heterocycles. The van der Waals surface area contributed by atoms with E-state index in [1.54, 1.807) is 11.9 Å². The van der Waals surface area contributed by atoms with Gasteiger partial charge in [-0.15, -0.1) is 0 Å². The van der Waals surface area contributed by atoms with Gasteiger partial charge in [0.05, 0.1) is 12.7 Å². The van der Waals surface area contributed by atoms with E-state index in [0.29, 0.717) is 12.2 Å². The van der Waals surface area contributed by atoms with E-state index in [9.17, 15) is 4.79 Å². The van der Waals surface area contributed by atoms with E-state index >= 15 is 0 Å². The number of rotatable bonds is 3. The number of furan rings is 1. The van der Waals surface area contributed by atoms with Gasteiger partial charge in [-0.2, -0.15) is 0 Å². The molecule has 0 fully saturated rings. The number of amides is 1. The molecule has 0 atom stereocenters. The Kier molecular flexibility index (Phi) is 3.18. The summed E-state index contributed by atoms with van der Waals surface area (Å²) < 4.78 is 5.41. The highest BCUT2D eigenvalue weighted by Crippen LogP contribution is 2.10. The third-order valence-electron chi connectivity index (χ3n) is 2.32. The number of aromatic nitrogens is 2. The van der Waals surface area contributed by atoms with Crippen LogP contribution >= 0.6 is 0 Å². The van der Waals surface area contributed by atoms with Crippen LogP contribution in [-0.4, -0.2) is 27.8 Å². The molecule has 0 radical (unpaired) electrons. The Hall–Kier alpha value is -2.17. The lowest BCUT2D eigenvalue weighted by molar-refractivity contribution is 0.0768. The molecule has 0 aromatic carbocycles. The smallest absolute Gasteiger partial charge is 0.274 e. The van der Waals surface area contributed by atoms with Gasteiger partial charge >= 0.3 is 0 Å². The van der Waals surface area contributed by atoms with E-state index in [2.05, 4.69) is 9.97 Å². The zero-order valence-electron chi connectivity index (χ0n) is 9.75. The lowest BCUT2D eigenvalue weighted by atomic mass is 10.3. The average molecular weight is 231 g/mol. The molecule has 0 aliphatic rings. The lowest BCUT2D eigenvalue weighted by Gasteiger charge is -2.14. The SMILES string of the molecule is Cc1ccc(CN(C)C(=O)c2cnccn2)o1. The molecule has 0 unspecified atom stereocenters. The maximum Gasteiger partial charge on any atom is 0.274 e. The fourth-order valence-corrected chi connectivity index (χ4v) is 1.48. The van der Waals surface area contributed by atoms with Gasteiger partial charge in [0, 0.05) is 19.4 Å². The molecule has 2 rings (SSSR count). The molecule has 2 heterocycles. The highest BCUT2D eigenvalue weighted by Gasteiger charge is 2.14. The van der Waals surface area contributed by atoms with E-state index in [-0.39, 0.29) is 5.91 Å². The molecule has 5 heteroatoms. The average Bonchev–Trinajstić information content (AvgIpc) is 2.75. The molecule has 88 valence electrons. The zero-order chi connectivity index (χ0) is 12.3. The molecule has 0 N–H and O–H groups in total. The summed E-state index contributed by atoms with van der Waals surface area (Å²) >= 11 is 0. The van der Waals surface area contributed by atoms with Crippen LogP contribution in [0.25, 0.3) is 0 Å². The number of aryl methyl sites for hydroxylation is 1. The van der Waals surface area contributed by atoms with Crippen LogP contribution in [0.3, 0.4) is 0 Å². The maximum absolute atomic E-state index is 11.9. The molecule has 0 aliphatic heterocycles. The second-order valence-electron chi connectivity index (χ2n) is 3.76. The van der Waals surface area contributed by atoms with Crippen molar-refractivity contribution in [2.24, 2.45) is 0 Å². The first-order valence-corrected chi connectivity index (χ1v) is 5.23. The topological polar surface area (TPSA) is 59.2 Å². The van der Waals surface area contributed by atoms with Crippen molar-refractivity contribution in [2.75, 3.05) is 7.05 Å². The molecule has 1 amide bonds. The summed E-state index contributed by atoms with van der Waals surface area (Å²) in [5, 5.41) is 0. The first-order chi connectivity index (χ1) is 8.16. The van der Waals surface area contributed by atoms with Crippen LogP contribution in [0, 0.1) is 6.92 Å². The summed E-state index contributed by atoms with van der Waals surface area (Å²) in [7, 11) is 1.70. The standard InChI is InChI=1S/C12H13N3O2/c1-9-3-4-10(17-9)8-15(2)12(16)11-7-13-5-6-14-11/h3-7H,8H2,1-2H3. The van der Waals surface area contributed by atoms with Gasteiger partial charge in [-0.3, -0.25) is 9.78 Å². The monoisotopic (exact) mass is 231 g/mol. The molecular weight excluding hydrogens is 218 g/mol. The Morgan fingerprint density at radius 2 is 2.24 bits per heavy atom. The van der Waals surface area contributed by atoms with Crippen molar-refractivity contribution in [3.05, 3.63) is 47.9 Å². The van der Waals surface area contributed by atoms with Gasteiger partial charge in [0.2, 0.25) is 0 Å². The van der Waals surface area contributed by atoms with E-state index < -0.39 is 0 Å². The number of hydrogen-bond donors (Lipinski definition) is 0. The highest BCUT2D eigenvalue weighted by molar-refractivity contribution is 5.91. The van der Waals surface area contributed by atoms with Gasteiger partial charge in [-0.05, 0) is 19.1 Å². The van der Waals surface area contributed by atoms with Crippen LogP contribution in [-0.2, 0) is 6.54 Å². The van der Waals surface area contributed by atoms with Crippen LogP contribution in [0.4, 0.5) is 0 Å². The Morgan fingerprint density at radius 3 is 2.82 bits per heavy atom. The molecule has 5 nitrogen and oxygen atoms in total. The molecule has 0 spiro atoms. The largest absolute Gasteiger partial charge is 0.464 e. The van der Waals surface area contributed by atoms with Crippen molar-refractivity contribution in [1.29, 1.82) is 0 Å². The quantitative estimate of drug-likeness (QED) is 0.805. The second-order valence-corrected chi connectivity index (χ2v) is 3.76. The fourth-order valence-electron chi connectivity index (χ4n) is 1.48. The number of carbonyl (C=O) groups is 1. The van der Waals surface area contributed by atoms with Crippen molar-refractivity contribution in [2.45, 2.75) is 13.5 Å². The Balaban J connectivity index is 2.06. The van der Waals surface area contributed by atoms with Crippen LogP contribution in [0.15, 0.2) is 35.1 Å². The summed E-state index contributed by atoms with van der Waals surface area (Å²) in [6.45, 7) is 2.29. The van der Waals surface area contributed by atoms with E-state index in [0.717, 1.165) is 11.5 Å². The molecule has 0 saturated carbocycles. The van der Waals surface area contributed by atoms with Crippen molar-refractivity contribution in [3.8, 4) is 0 Å². The highest BCUT2D eigenvalue weighted by atomic mass is 16.3. The predicted molar refractivity (Wildman–Crippen MR) is 61.3 cm³/mol. The molecule has 0 bridgehead atoms.